The van der Waals surface area contributed by atoms with Crippen molar-refractivity contribution >= 4 is 33.3 Å². The van der Waals surface area contributed by atoms with Crippen LogP contribution in [0.15, 0.2) is 40.9 Å². The molecule has 0 saturated carbocycles. The Hall–Kier alpha value is -2.85. The highest BCUT2D eigenvalue weighted by molar-refractivity contribution is 9.10. The Bertz CT molecular complexity index is 855. The lowest BCUT2D eigenvalue weighted by molar-refractivity contribution is -0.384. The summed E-state index contributed by atoms with van der Waals surface area (Å²) in [5.74, 6) is 1.15. The van der Waals surface area contributed by atoms with Gasteiger partial charge < -0.3 is 9.47 Å². The van der Waals surface area contributed by atoms with Crippen LogP contribution in [0.5, 0.6) is 11.5 Å². The van der Waals surface area contributed by atoms with Crippen LogP contribution < -0.4 is 9.47 Å². The summed E-state index contributed by atoms with van der Waals surface area (Å²) < 4.78 is 11.6. The fourth-order valence-electron chi connectivity index (χ4n) is 2.19. The third-order valence-corrected chi connectivity index (χ3v) is 4.08. The average molecular weight is 403 g/mol. The van der Waals surface area contributed by atoms with E-state index in [2.05, 4.69) is 22.0 Å². The van der Waals surface area contributed by atoms with Gasteiger partial charge in [0.05, 0.1) is 30.3 Å². The number of hydrogen-bond donors (Lipinski definition) is 0. The smallest absolute Gasteiger partial charge is 0.269 e. The van der Waals surface area contributed by atoms with E-state index >= 15 is 0 Å². The molecule has 0 atom stereocenters. The summed E-state index contributed by atoms with van der Waals surface area (Å²) in [5.41, 5.74) is 1.68. The molecule has 2 aromatic carbocycles. The summed E-state index contributed by atoms with van der Waals surface area (Å²) >= 11 is 3.46. The van der Waals surface area contributed by atoms with Gasteiger partial charge in [0, 0.05) is 16.6 Å². The van der Waals surface area contributed by atoms with E-state index in [-0.39, 0.29) is 5.69 Å². The first-order valence-electron chi connectivity index (χ1n) is 7.37. The summed E-state index contributed by atoms with van der Waals surface area (Å²) in [6, 6.07) is 11.5. The number of allylic oxidation sites excluding steroid dienone is 1. The van der Waals surface area contributed by atoms with Crippen molar-refractivity contribution in [1.29, 1.82) is 5.26 Å². The van der Waals surface area contributed by atoms with Crippen molar-refractivity contribution < 1.29 is 14.4 Å². The molecule has 0 aliphatic rings. The Kier molecular flexibility index (Phi) is 6.14. The van der Waals surface area contributed by atoms with Crippen LogP contribution in [0.1, 0.15) is 18.1 Å². The number of hydrogen-bond acceptors (Lipinski definition) is 5. The molecule has 2 rings (SSSR count). The topological polar surface area (TPSA) is 85.4 Å². The van der Waals surface area contributed by atoms with E-state index in [1.807, 2.05) is 6.92 Å². The van der Waals surface area contributed by atoms with E-state index in [1.165, 1.54) is 12.1 Å². The van der Waals surface area contributed by atoms with Crippen molar-refractivity contribution in [2.75, 3.05) is 13.7 Å². The van der Waals surface area contributed by atoms with Crippen molar-refractivity contribution in [3.05, 3.63) is 62.1 Å². The molecule has 0 aliphatic carbocycles. The normalized spacial score (nSPS) is 10.9. The molecule has 0 saturated heterocycles. The van der Waals surface area contributed by atoms with Gasteiger partial charge in [-0.3, -0.25) is 10.1 Å². The molecule has 0 heterocycles. The molecule has 0 unspecified atom stereocenters. The molecule has 0 amide bonds. The van der Waals surface area contributed by atoms with Gasteiger partial charge in [-0.2, -0.15) is 5.26 Å². The molecule has 0 fully saturated rings. The lowest BCUT2D eigenvalue weighted by atomic mass is 10.0. The number of nitriles is 1. The Morgan fingerprint density at radius 3 is 2.52 bits per heavy atom. The van der Waals surface area contributed by atoms with Gasteiger partial charge in [-0.25, -0.2) is 0 Å². The van der Waals surface area contributed by atoms with Gasteiger partial charge in [0.25, 0.3) is 5.69 Å². The number of nitro groups is 1. The van der Waals surface area contributed by atoms with Crippen LogP contribution in [-0.2, 0) is 0 Å². The van der Waals surface area contributed by atoms with Crippen molar-refractivity contribution in [2.24, 2.45) is 0 Å². The molecule has 0 aromatic heterocycles. The molecule has 2 aromatic rings. The molecule has 25 heavy (non-hydrogen) atoms. The van der Waals surface area contributed by atoms with E-state index < -0.39 is 4.92 Å². The summed E-state index contributed by atoms with van der Waals surface area (Å²) in [7, 11) is 1.55. The zero-order chi connectivity index (χ0) is 18.4. The molecular formula is C18H15BrN2O4. The average Bonchev–Trinajstić information content (AvgIpc) is 2.62. The molecule has 0 aliphatic heterocycles. The fourth-order valence-corrected chi connectivity index (χ4v) is 2.62. The summed E-state index contributed by atoms with van der Waals surface area (Å²) in [4.78, 5) is 10.3. The van der Waals surface area contributed by atoms with Crippen LogP contribution in [0.25, 0.3) is 11.6 Å². The Morgan fingerprint density at radius 2 is 2.00 bits per heavy atom. The molecule has 0 N–H and O–H groups in total. The highest BCUT2D eigenvalue weighted by Crippen LogP contribution is 2.35. The molecule has 0 spiro atoms. The van der Waals surface area contributed by atoms with Crippen molar-refractivity contribution in [2.45, 2.75) is 6.92 Å². The number of nitro benzene ring substituents is 1. The Labute approximate surface area is 153 Å². The second kappa shape index (κ2) is 8.31. The quantitative estimate of drug-likeness (QED) is 0.299. The monoisotopic (exact) mass is 402 g/mol. The van der Waals surface area contributed by atoms with Crippen LogP contribution in [-0.4, -0.2) is 18.6 Å². The number of non-ortho nitro benzene ring substituents is 1. The van der Waals surface area contributed by atoms with E-state index in [1.54, 1.807) is 37.5 Å². The summed E-state index contributed by atoms with van der Waals surface area (Å²) in [6.07, 6.45) is 1.69. The maximum Gasteiger partial charge on any atom is 0.269 e. The van der Waals surface area contributed by atoms with Crippen molar-refractivity contribution in [3.63, 3.8) is 0 Å². The molecule has 6 nitrogen and oxygen atoms in total. The zero-order valence-corrected chi connectivity index (χ0v) is 15.2. The van der Waals surface area contributed by atoms with E-state index in [9.17, 15) is 15.4 Å². The predicted molar refractivity (Wildman–Crippen MR) is 98.4 cm³/mol. The summed E-state index contributed by atoms with van der Waals surface area (Å²) in [6.45, 7) is 2.35. The first-order valence-corrected chi connectivity index (χ1v) is 8.16. The Balaban J connectivity index is 2.47. The van der Waals surface area contributed by atoms with E-state index in [4.69, 9.17) is 9.47 Å². The second-order valence-electron chi connectivity index (χ2n) is 4.93. The molecule has 7 heteroatoms. The molecular weight excluding hydrogens is 388 g/mol. The minimum atomic E-state index is -0.478. The number of ether oxygens (including phenoxy) is 2. The second-order valence-corrected chi connectivity index (χ2v) is 5.79. The first-order chi connectivity index (χ1) is 12.0. The van der Waals surface area contributed by atoms with Gasteiger partial charge in [-0.1, -0.05) is 15.9 Å². The third-order valence-electron chi connectivity index (χ3n) is 3.39. The maximum atomic E-state index is 10.7. The zero-order valence-electron chi connectivity index (χ0n) is 13.7. The van der Waals surface area contributed by atoms with E-state index in [0.29, 0.717) is 29.2 Å². The molecule has 0 radical (unpaired) electrons. The minimum absolute atomic E-state index is 0.0229. The van der Waals surface area contributed by atoms with Crippen molar-refractivity contribution in [3.8, 4) is 17.6 Å². The predicted octanol–water partition coefficient (Wildman–Crippen LogP) is 4.83. The Morgan fingerprint density at radius 1 is 1.32 bits per heavy atom. The van der Waals surface area contributed by atoms with Gasteiger partial charge in [0.1, 0.15) is 0 Å². The lowest BCUT2D eigenvalue weighted by Gasteiger charge is -2.12. The van der Waals surface area contributed by atoms with E-state index in [0.717, 1.165) is 10.0 Å². The number of nitrogens with zero attached hydrogens (tertiary/aromatic N) is 2. The van der Waals surface area contributed by atoms with Crippen LogP contribution in [0.4, 0.5) is 5.69 Å². The van der Waals surface area contributed by atoms with Gasteiger partial charge >= 0.3 is 0 Å². The maximum absolute atomic E-state index is 10.7. The fraction of sp³-hybridized carbons (Fsp3) is 0.167. The third kappa shape index (κ3) is 4.37. The van der Waals surface area contributed by atoms with Crippen LogP contribution >= 0.6 is 15.9 Å². The standard InChI is InChI=1S/C18H15BrN2O4/c1-3-25-18-9-13(16(19)10-17(18)24-2)8-14(11-20)12-4-6-15(7-5-12)21(22)23/h4-10H,3H2,1-2H3/b14-8-. The van der Waals surface area contributed by atoms with Gasteiger partial charge in [-0.15, -0.1) is 0 Å². The summed E-state index contributed by atoms with van der Waals surface area (Å²) in [5, 5.41) is 20.2. The lowest BCUT2D eigenvalue weighted by Crippen LogP contribution is -1.96. The van der Waals surface area contributed by atoms with Crippen LogP contribution in [0.2, 0.25) is 0 Å². The number of benzene rings is 2. The van der Waals surface area contributed by atoms with Gasteiger partial charge in [0.2, 0.25) is 0 Å². The number of methoxy groups -OCH3 is 1. The SMILES string of the molecule is CCOc1cc(/C=C(/C#N)c2ccc([N+](=O)[O-])cc2)c(Br)cc1OC. The minimum Gasteiger partial charge on any atom is -0.493 e. The van der Waals surface area contributed by atoms with Crippen LogP contribution in [0.3, 0.4) is 0 Å². The highest BCUT2D eigenvalue weighted by Gasteiger charge is 2.11. The number of halogens is 1. The van der Waals surface area contributed by atoms with Crippen molar-refractivity contribution in [1.82, 2.24) is 0 Å². The number of rotatable bonds is 6. The first kappa shape index (κ1) is 18.5. The highest BCUT2D eigenvalue weighted by atomic mass is 79.9. The largest absolute Gasteiger partial charge is 0.493 e. The molecule has 0 bridgehead atoms. The van der Waals surface area contributed by atoms with Crippen LogP contribution in [0, 0.1) is 21.4 Å². The van der Waals surface area contributed by atoms with Gasteiger partial charge in [-0.05, 0) is 48.4 Å². The molecule has 128 valence electrons. The van der Waals surface area contributed by atoms with Gasteiger partial charge in [0.15, 0.2) is 11.5 Å².